The lowest BCUT2D eigenvalue weighted by Crippen LogP contribution is -2.45. The van der Waals surface area contributed by atoms with Crippen molar-refractivity contribution >= 4 is 40.3 Å². The minimum atomic E-state index is -0.553. The zero-order valence-electron chi connectivity index (χ0n) is 16.5. The van der Waals surface area contributed by atoms with Crippen LogP contribution in [-0.2, 0) is 16.0 Å². The Morgan fingerprint density at radius 2 is 1.83 bits per heavy atom. The third-order valence-corrected chi connectivity index (χ3v) is 5.80. The standard InChI is InChI=1S/C21H20N4O4S/c1-28-16-9-13-14(10-17(16)29-2)23-21(30-11-18(22)26)25-15(20(27)24-19(13)25)8-12-6-4-3-5-7-12/h3-7,9-10,15H,8,11H2,1-2H3,(H2,22,26)/t15-/m1/s1. The second-order valence-electron chi connectivity index (χ2n) is 6.72. The summed E-state index contributed by atoms with van der Waals surface area (Å²) >= 11 is 1.18. The summed E-state index contributed by atoms with van der Waals surface area (Å²) in [5.74, 6) is 0.823. The van der Waals surface area contributed by atoms with Crippen molar-refractivity contribution in [2.75, 3.05) is 20.0 Å². The second-order valence-corrected chi connectivity index (χ2v) is 7.67. The molecule has 154 valence electrons. The van der Waals surface area contributed by atoms with Crippen LogP contribution in [0, 0.1) is 0 Å². The van der Waals surface area contributed by atoms with E-state index in [1.807, 2.05) is 30.3 Å². The molecule has 2 N–H and O–H groups in total. The molecule has 0 unspecified atom stereocenters. The van der Waals surface area contributed by atoms with Crippen molar-refractivity contribution in [1.29, 1.82) is 0 Å². The number of amides is 2. The first kappa shape index (κ1) is 20.0. The summed E-state index contributed by atoms with van der Waals surface area (Å²) < 4.78 is 10.8. The van der Waals surface area contributed by atoms with Gasteiger partial charge in [-0.15, -0.1) is 0 Å². The molecule has 2 heterocycles. The molecule has 2 aliphatic heterocycles. The molecule has 0 aromatic heterocycles. The zero-order valence-corrected chi connectivity index (χ0v) is 17.3. The topological polar surface area (TPSA) is 107 Å². The number of aliphatic imine (C=N–C) groups is 2. The van der Waals surface area contributed by atoms with Crippen molar-refractivity contribution < 1.29 is 19.1 Å². The fourth-order valence-electron chi connectivity index (χ4n) is 3.45. The lowest BCUT2D eigenvalue weighted by molar-refractivity contribution is -0.119. The van der Waals surface area contributed by atoms with E-state index in [1.54, 1.807) is 31.3 Å². The molecule has 2 aromatic carbocycles. The minimum absolute atomic E-state index is 0.0392. The van der Waals surface area contributed by atoms with Crippen LogP contribution in [0.4, 0.5) is 5.69 Å². The lowest BCUT2D eigenvalue weighted by atomic mass is 10.0. The maximum Gasteiger partial charge on any atom is 0.271 e. The monoisotopic (exact) mass is 424 g/mol. The third kappa shape index (κ3) is 3.63. The van der Waals surface area contributed by atoms with Gasteiger partial charge in [0.2, 0.25) is 5.91 Å². The number of amidine groups is 2. The highest BCUT2D eigenvalue weighted by atomic mass is 32.2. The van der Waals surface area contributed by atoms with Crippen LogP contribution in [0.1, 0.15) is 11.1 Å². The molecule has 0 spiro atoms. The van der Waals surface area contributed by atoms with E-state index in [1.165, 1.54) is 11.8 Å². The molecular weight excluding hydrogens is 404 g/mol. The summed E-state index contributed by atoms with van der Waals surface area (Å²) in [5.41, 5.74) is 7.60. The molecule has 8 nitrogen and oxygen atoms in total. The summed E-state index contributed by atoms with van der Waals surface area (Å²) in [6.45, 7) is 0. The molecule has 30 heavy (non-hydrogen) atoms. The maximum atomic E-state index is 12.9. The third-order valence-electron chi connectivity index (χ3n) is 4.82. The van der Waals surface area contributed by atoms with Gasteiger partial charge in [0, 0.05) is 18.1 Å². The zero-order chi connectivity index (χ0) is 21.3. The Kier molecular flexibility index (Phi) is 5.45. The van der Waals surface area contributed by atoms with Gasteiger partial charge >= 0.3 is 0 Å². The number of nitrogens with two attached hydrogens (primary N) is 1. The van der Waals surface area contributed by atoms with Crippen LogP contribution in [0.15, 0.2) is 52.4 Å². The van der Waals surface area contributed by atoms with Gasteiger partial charge in [-0.05, 0) is 11.6 Å². The number of fused-ring (bicyclic) bond motifs is 3. The summed E-state index contributed by atoms with van der Waals surface area (Å²) in [4.78, 5) is 35.1. The van der Waals surface area contributed by atoms with E-state index in [2.05, 4.69) is 4.99 Å². The van der Waals surface area contributed by atoms with Crippen LogP contribution in [0.25, 0.3) is 0 Å². The van der Waals surface area contributed by atoms with Crippen molar-refractivity contribution in [3.05, 3.63) is 53.6 Å². The first-order chi connectivity index (χ1) is 14.5. The number of primary amides is 1. The highest BCUT2D eigenvalue weighted by Gasteiger charge is 2.42. The van der Waals surface area contributed by atoms with Crippen LogP contribution in [-0.4, -0.2) is 53.7 Å². The molecular formula is C21H20N4O4S. The number of carbonyl (C=O) groups excluding carboxylic acids is 2. The van der Waals surface area contributed by atoms with Gasteiger partial charge in [0.05, 0.1) is 25.7 Å². The molecule has 0 radical (unpaired) electrons. The number of methoxy groups -OCH3 is 2. The molecule has 2 aromatic rings. The van der Waals surface area contributed by atoms with Gasteiger partial charge in [0.15, 0.2) is 16.7 Å². The van der Waals surface area contributed by atoms with E-state index in [0.717, 1.165) is 5.56 Å². The Labute approximate surface area is 177 Å². The predicted molar refractivity (Wildman–Crippen MR) is 116 cm³/mol. The Hall–Kier alpha value is -3.33. The number of benzene rings is 2. The quantitative estimate of drug-likeness (QED) is 0.761. The first-order valence-electron chi connectivity index (χ1n) is 9.23. The molecule has 0 saturated carbocycles. The molecule has 0 aliphatic carbocycles. The maximum absolute atomic E-state index is 12.9. The summed E-state index contributed by atoms with van der Waals surface area (Å²) in [6, 6.07) is 12.6. The summed E-state index contributed by atoms with van der Waals surface area (Å²) in [6.07, 6.45) is 0.464. The van der Waals surface area contributed by atoms with E-state index in [4.69, 9.17) is 20.2 Å². The molecule has 1 atom stereocenters. The largest absolute Gasteiger partial charge is 0.493 e. The molecule has 4 rings (SSSR count). The van der Waals surface area contributed by atoms with Gasteiger partial charge in [-0.3, -0.25) is 14.5 Å². The van der Waals surface area contributed by atoms with Crippen molar-refractivity contribution in [2.24, 2.45) is 15.7 Å². The highest BCUT2D eigenvalue weighted by molar-refractivity contribution is 8.14. The number of thioether (sulfide) groups is 1. The molecule has 9 heteroatoms. The van der Waals surface area contributed by atoms with E-state index < -0.39 is 11.9 Å². The Bertz CT molecular complexity index is 1070. The van der Waals surface area contributed by atoms with E-state index >= 15 is 0 Å². The van der Waals surface area contributed by atoms with E-state index in [-0.39, 0.29) is 11.7 Å². The van der Waals surface area contributed by atoms with E-state index in [9.17, 15) is 9.59 Å². The number of nitrogens with zero attached hydrogens (tertiary/aromatic N) is 3. The highest BCUT2D eigenvalue weighted by Crippen LogP contribution is 2.41. The number of ether oxygens (including phenoxy) is 2. The van der Waals surface area contributed by atoms with Crippen LogP contribution in [0.3, 0.4) is 0 Å². The van der Waals surface area contributed by atoms with Gasteiger partial charge in [-0.1, -0.05) is 42.1 Å². The average molecular weight is 424 g/mol. The van der Waals surface area contributed by atoms with Gasteiger partial charge < -0.3 is 15.2 Å². The van der Waals surface area contributed by atoms with Crippen molar-refractivity contribution in [3.63, 3.8) is 0 Å². The van der Waals surface area contributed by atoms with Gasteiger partial charge in [-0.25, -0.2) is 4.99 Å². The Morgan fingerprint density at radius 3 is 2.50 bits per heavy atom. The normalized spacial score (nSPS) is 17.1. The molecule has 2 amide bonds. The van der Waals surface area contributed by atoms with Gasteiger partial charge in [0.1, 0.15) is 11.9 Å². The van der Waals surface area contributed by atoms with Crippen molar-refractivity contribution in [3.8, 4) is 11.5 Å². The second kappa shape index (κ2) is 8.19. The fraction of sp³-hybridized carbons (Fsp3) is 0.238. The Balaban J connectivity index is 1.79. The number of carbonyl (C=O) groups is 2. The van der Waals surface area contributed by atoms with Crippen LogP contribution in [0.5, 0.6) is 11.5 Å². The lowest BCUT2D eigenvalue weighted by Gasteiger charge is -2.31. The SMILES string of the molecule is COc1cc2c(cc1OC)C1=NC(=O)[C@@H](Cc3ccccc3)N1C(SCC(N)=O)=N2. The number of hydrogen-bond donors (Lipinski definition) is 1. The van der Waals surface area contributed by atoms with Crippen LogP contribution in [0.2, 0.25) is 0 Å². The smallest absolute Gasteiger partial charge is 0.271 e. The number of hydrogen-bond acceptors (Lipinski definition) is 7. The van der Waals surface area contributed by atoms with E-state index in [0.29, 0.717) is 40.2 Å². The predicted octanol–water partition coefficient (Wildman–Crippen LogP) is 2.12. The summed E-state index contributed by atoms with van der Waals surface area (Å²) in [7, 11) is 3.08. The van der Waals surface area contributed by atoms with Crippen molar-refractivity contribution in [2.45, 2.75) is 12.5 Å². The minimum Gasteiger partial charge on any atom is -0.493 e. The average Bonchev–Trinajstić information content (AvgIpc) is 3.08. The van der Waals surface area contributed by atoms with Crippen LogP contribution < -0.4 is 15.2 Å². The molecule has 0 fully saturated rings. The molecule has 0 saturated heterocycles. The Morgan fingerprint density at radius 1 is 1.13 bits per heavy atom. The van der Waals surface area contributed by atoms with Gasteiger partial charge in [-0.2, -0.15) is 4.99 Å². The molecule has 0 bridgehead atoms. The van der Waals surface area contributed by atoms with Crippen molar-refractivity contribution in [1.82, 2.24) is 4.90 Å². The first-order valence-corrected chi connectivity index (χ1v) is 10.2. The van der Waals surface area contributed by atoms with Crippen LogP contribution >= 0.6 is 11.8 Å². The molecule has 2 aliphatic rings. The number of rotatable bonds is 6. The fourth-order valence-corrected chi connectivity index (χ4v) is 4.24. The summed E-state index contributed by atoms with van der Waals surface area (Å²) in [5, 5.41) is 0.499. The van der Waals surface area contributed by atoms with Gasteiger partial charge in [0.25, 0.3) is 5.91 Å².